The van der Waals surface area contributed by atoms with Gasteiger partial charge in [-0.25, -0.2) is 23.2 Å². The SMILES string of the molecule is Cc1cc(N2CCC(c3[nH]cnc3C)CC2)n(-c2ccc(S(N)(=O)=O)cc2)n1. The van der Waals surface area contributed by atoms with E-state index in [-0.39, 0.29) is 4.90 Å². The van der Waals surface area contributed by atoms with Gasteiger partial charge in [0.15, 0.2) is 0 Å². The maximum absolute atomic E-state index is 11.5. The maximum atomic E-state index is 11.5. The summed E-state index contributed by atoms with van der Waals surface area (Å²) in [5.74, 6) is 1.51. The predicted molar refractivity (Wildman–Crippen MR) is 107 cm³/mol. The molecule has 2 aromatic heterocycles. The van der Waals surface area contributed by atoms with Crippen LogP contribution in [-0.4, -0.2) is 41.3 Å². The van der Waals surface area contributed by atoms with Crippen molar-refractivity contribution in [1.29, 1.82) is 0 Å². The van der Waals surface area contributed by atoms with E-state index in [0.29, 0.717) is 5.92 Å². The fraction of sp³-hybridized carbons (Fsp3) is 0.368. The van der Waals surface area contributed by atoms with Crippen molar-refractivity contribution in [1.82, 2.24) is 19.7 Å². The van der Waals surface area contributed by atoms with Crippen LogP contribution in [0.3, 0.4) is 0 Å². The zero-order valence-corrected chi connectivity index (χ0v) is 16.8. The molecule has 4 rings (SSSR count). The molecule has 0 amide bonds. The van der Waals surface area contributed by atoms with Gasteiger partial charge in [-0.15, -0.1) is 0 Å². The molecule has 1 aliphatic rings. The number of rotatable bonds is 4. The van der Waals surface area contributed by atoms with Gasteiger partial charge in [0.1, 0.15) is 5.82 Å². The second-order valence-corrected chi connectivity index (χ2v) is 8.82. The molecule has 0 unspecified atom stereocenters. The molecule has 0 spiro atoms. The summed E-state index contributed by atoms with van der Waals surface area (Å²) in [7, 11) is -3.71. The molecule has 148 valence electrons. The molecular weight excluding hydrogens is 376 g/mol. The number of benzene rings is 1. The topological polar surface area (TPSA) is 110 Å². The van der Waals surface area contributed by atoms with Crippen LogP contribution in [-0.2, 0) is 10.0 Å². The maximum Gasteiger partial charge on any atom is 0.238 e. The lowest BCUT2D eigenvalue weighted by Crippen LogP contribution is -2.34. The third-order valence-corrected chi connectivity index (χ3v) is 6.25. The summed E-state index contributed by atoms with van der Waals surface area (Å²) in [6.45, 7) is 5.84. The van der Waals surface area contributed by atoms with Gasteiger partial charge < -0.3 is 9.88 Å². The van der Waals surface area contributed by atoms with E-state index >= 15 is 0 Å². The van der Waals surface area contributed by atoms with Crippen molar-refractivity contribution in [3.63, 3.8) is 0 Å². The van der Waals surface area contributed by atoms with E-state index in [1.54, 1.807) is 18.5 Å². The molecule has 3 aromatic rings. The van der Waals surface area contributed by atoms with Crippen molar-refractivity contribution in [3.05, 3.63) is 53.7 Å². The number of aromatic nitrogens is 4. The lowest BCUT2D eigenvalue weighted by molar-refractivity contribution is 0.490. The first kappa shape index (κ1) is 18.7. The van der Waals surface area contributed by atoms with Gasteiger partial charge >= 0.3 is 0 Å². The van der Waals surface area contributed by atoms with Gasteiger partial charge in [0.2, 0.25) is 10.0 Å². The van der Waals surface area contributed by atoms with Crippen LogP contribution in [0.1, 0.15) is 35.8 Å². The van der Waals surface area contributed by atoms with Gasteiger partial charge in [0.25, 0.3) is 0 Å². The Morgan fingerprint density at radius 2 is 1.82 bits per heavy atom. The minimum atomic E-state index is -3.71. The molecular formula is C19H24N6O2S. The van der Waals surface area contributed by atoms with Crippen LogP contribution in [0, 0.1) is 13.8 Å². The summed E-state index contributed by atoms with van der Waals surface area (Å²) >= 11 is 0. The number of hydrogen-bond acceptors (Lipinski definition) is 5. The van der Waals surface area contributed by atoms with Gasteiger partial charge in [-0.1, -0.05) is 0 Å². The third-order valence-electron chi connectivity index (χ3n) is 5.32. The number of H-pyrrole nitrogens is 1. The molecule has 3 N–H and O–H groups in total. The summed E-state index contributed by atoms with van der Waals surface area (Å²) < 4.78 is 24.8. The number of sulfonamides is 1. The predicted octanol–water partition coefficient (Wildman–Crippen LogP) is 2.24. The normalized spacial score (nSPS) is 15.9. The number of hydrogen-bond donors (Lipinski definition) is 2. The van der Waals surface area contributed by atoms with Crippen LogP contribution in [0.25, 0.3) is 5.69 Å². The van der Waals surface area contributed by atoms with Crippen molar-refractivity contribution in [2.75, 3.05) is 18.0 Å². The van der Waals surface area contributed by atoms with Crippen LogP contribution in [0.4, 0.5) is 5.82 Å². The Morgan fingerprint density at radius 3 is 2.39 bits per heavy atom. The molecule has 0 bridgehead atoms. The minimum absolute atomic E-state index is 0.0948. The molecule has 0 radical (unpaired) electrons. The molecule has 0 saturated carbocycles. The highest BCUT2D eigenvalue weighted by molar-refractivity contribution is 7.89. The fourth-order valence-electron chi connectivity index (χ4n) is 3.86. The first-order valence-corrected chi connectivity index (χ1v) is 10.8. The van der Waals surface area contributed by atoms with Gasteiger partial charge in [0.05, 0.1) is 28.3 Å². The number of primary sulfonamides is 1. The van der Waals surface area contributed by atoms with Crippen LogP contribution < -0.4 is 10.0 Å². The van der Waals surface area contributed by atoms with Crippen molar-refractivity contribution in [2.24, 2.45) is 5.14 Å². The largest absolute Gasteiger partial charge is 0.356 e. The molecule has 28 heavy (non-hydrogen) atoms. The van der Waals surface area contributed by atoms with Crippen LogP contribution >= 0.6 is 0 Å². The van der Waals surface area contributed by atoms with E-state index in [4.69, 9.17) is 5.14 Å². The lowest BCUT2D eigenvalue weighted by Gasteiger charge is -2.33. The van der Waals surface area contributed by atoms with Gasteiger partial charge in [-0.05, 0) is 51.0 Å². The molecule has 0 atom stereocenters. The fourth-order valence-corrected chi connectivity index (χ4v) is 4.38. The Balaban J connectivity index is 1.56. The number of imidazole rings is 1. The van der Waals surface area contributed by atoms with Crippen molar-refractivity contribution in [3.8, 4) is 5.69 Å². The Kier molecular flexibility index (Phi) is 4.72. The summed E-state index contributed by atoms with van der Waals surface area (Å²) in [4.78, 5) is 10.0. The Labute approximate surface area is 164 Å². The Bertz CT molecular complexity index is 1080. The van der Waals surface area contributed by atoms with Crippen LogP contribution in [0.15, 0.2) is 41.6 Å². The molecule has 9 heteroatoms. The number of anilines is 1. The van der Waals surface area contributed by atoms with E-state index < -0.39 is 10.0 Å². The molecule has 8 nitrogen and oxygen atoms in total. The minimum Gasteiger partial charge on any atom is -0.356 e. The van der Waals surface area contributed by atoms with Crippen LogP contribution in [0.2, 0.25) is 0 Å². The highest BCUT2D eigenvalue weighted by atomic mass is 32.2. The summed E-state index contributed by atoms with van der Waals surface area (Å²) in [5, 5.41) is 9.80. The standard InChI is InChI=1S/C19H24N6O2S/c1-13-11-18(24-9-7-15(8-10-24)19-14(2)21-12-22-19)25(23-13)16-3-5-17(6-4-16)28(20,26)27/h3-6,11-12,15H,7-10H2,1-2H3,(H,21,22)(H2,20,26,27). The first-order chi connectivity index (χ1) is 13.3. The Hall–Kier alpha value is -2.65. The second kappa shape index (κ2) is 7.06. The number of nitrogens with zero attached hydrogens (tertiary/aromatic N) is 4. The highest BCUT2D eigenvalue weighted by Gasteiger charge is 2.25. The summed E-state index contributed by atoms with van der Waals surface area (Å²) in [6, 6.07) is 8.56. The number of aromatic amines is 1. The quantitative estimate of drug-likeness (QED) is 0.698. The second-order valence-electron chi connectivity index (χ2n) is 7.26. The zero-order valence-electron chi connectivity index (χ0n) is 16.0. The van der Waals surface area contributed by atoms with Gasteiger partial charge in [-0.3, -0.25) is 0 Å². The van der Waals surface area contributed by atoms with E-state index in [1.807, 2.05) is 18.5 Å². The number of nitrogens with one attached hydrogen (secondary N) is 1. The smallest absolute Gasteiger partial charge is 0.238 e. The lowest BCUT2D eigenvalue weighted by atomic mass is 9.92. The summed E-state index contributed by atoms with van der Waals surface area (Å²) in [5.41, 5.74) is 4.04. The van der Waals surface area contributed by atoms with E-state index in [9.17, 15) is 8.42 Å². The van der Waals surface area contributed by atoms with E-state index in [0.717, 1.165) is 48.8 Å². The molecule has 3 heterocycles. The molecule has 1 fully saturated rings. The average molecular weight is 401 g/mol. The summed E-state index contributed by atoms with van der Waals surface area (Å²) in [6.07, 6.45) is 3.84. The van der Waals surface area contributed by atoms with Crippen molar-refractivity contribution in [2.45, 2.75) is 37.5 Å². The monoisotopic (exact) mass is 400 g/mol. The highest BCUT2D eigenvalue weighted by Crippen LogP contribution is 2.32. The first-order valence-electron chi connectivity index (χ1n) is 9.27. The third kappa shape index (κ3) is 3.55. The Morgan fingerprint density at radius 1 is 1.14 bits per heavy atom. The van der Waals surface area contributed by atoms with Gasteiger partial charge in [-0.2, -0.15) is 5.10 Å². The molecule has 1 saturated heterocycles. The number of nitrogens with two attached hydrogens (primary N) is 1. The molecule has 0 aliphatic carbocycles. The van der Waals surface area contributed by atoms with E-state index in [1.165, 1.54) is 17.8 Å². The molecule has 1 aromatic carbocycles. The average Bonchev–Trinajstić information content (AvgIpc) is 3.27. The van der Waals surface area contributed by atoms with Crippen LogP contribution in [0.5, 0.6) is 0 Å². The number of aryl methyl sites for hydroxylation is 2. The van der Waals surface area contributed by atoms with Crippen molar-refractivity contribution < 1.29 is 8.42 Å². The molecule has 1 aliphatic heterocycles. The van der Waals surface area contributed by atoms with Crippen molar-refractivity contribution >= 4 is 15.8 Å². The number of piperidine rings is 1. The van der Waals surface area contributed by atoms with Gasteiger partial charge in [0, 0.05) is 30.8 Å². The van der Waals surface area contributed by atoms with E-state index in [2.05, 4.69) is 26.0 Å². The zero-order chi connectivity index (χ0) is 19.9.